The van der Waals surface area contributed by atoms with Crippen molar-refractivity contribution < 1.29 is 23.0 Å². The fourth-order valence-electron chi connectivity index (χ4n) is 3.80. The van der Waals surface area contributed by atoms with E-state index in [9.17, 15) is 13.6 Å². The molecular weight excluding hydrogens is 408 g/mol. The van der Waals surface area contributed by atoms with Crippen LogP contribution in [0.3, 0.4) is 0 Å². The summed E-state index contributed by atoms with van der Waals surface area (Å²) in [6.07, 6.45) is 6.25. The molecule has 0 saturated heterocycles. The number of amides is 1. The second-order valence-corrected chi connectivity index (χ2v) is 7.27. The molecule has 2 heterocycles. The minimum atomic E-state index is -1.54. The van der Waals surface area contributed by atoms with Crippen molar-refractivity contribution in [2.75, 3.05) is 11.9 Å². The Morgan fingerprint density at radius 3 is 2.97 bits per heavy atom. The van der Waals surface area contributed by atoms with Crippen molar-refractivity contribution in [1.82, 2.24) is 9.97 Å². The minimum Gasteiger partial charge on any atom is -0.463 e. The van der Waals surface area contributed by atoms with Crippen LogP contribution in [0.15, 0.2) is 35.6 Å². The number of aliphatic imine (C=N–C) groups is 1. The highest BCUT2D eigenvalue weighted by atomic mass is 19.1. The van der Waals surface area contributed by atoms with E-state index in [1.165, 1.54) is 31.5 Å². The summed E-state index contributed by atoms with van der Waals surface area (Å²) in [5.41, 5.74) is 4.45. The number of benzene rings is 1. The summed E-state index contributed by atoms with van der Waals surface area (Å²) in [4.78, 5) is 24.6. The van der Waals surface area contributed by atoms with Crippen LogP contribution in [0.25, 0.3) is 0 Å². The van der Waals surface area contributed by atoms with E-state index < -0.39 is 23.4 Å². The topological polar surface area (TPSA) is 112 Å². The number of hydrogen-bond acceptors (Lipinski definition) is 7. The van der Waals surface area contributed by atoms with Crippen molar-refractivity contribution in [3.63, 3.8) is 0 Å². The first kappa shape index (κ1) is 20.5. The third kappa shape index (κ3) is 3.74. The fraction of sp³-hybridized carbons (Fsp3) is 0.333. The van der Waals surface area contributed by atoms with Gasteiger partial charge in [0.1, 0.15) is 29.3 Å². The van der Waals surface area contributed by atoms with Crippen LogP contribution in [0.4, 0.5) is 14.5 Å². The molecule has 1 aromatic heterocycles. The van der Waals surface area contributed by atoms with Crippen LogP contribution in [-0.2, 0) is 10.3 Å². The number of anilines is 1. The molecule has 0 radical (unpaired) electrons. The molecule has 160 valence electrons. The molecule has 1 amide bonds. The summed E-state index contributed by atoms with van der Waals surface area (Å²) in [7, 11) is 0. The molecule has 31 heavy (non-hydrogen) atoms. The Kier molecular flexibility index (Phi) is 5.19. The zero-order valence-electron chi connectivity index (χ0n) is 16.5. The van der Waals surface area contributed by atoms with Crippen LogP contribution in [0.2, 0.25) is 0 Å². The molecular formula is C21H19F2N5O3. The monoisotopic (exact) mass is 427 g/mol. The van der Waals surface area contributed by atoms with Gasteiger partial charge in [-0.3, -0.25) is 4.79 Å². The average Bonchev–Trinajstić information content (AvgIpc) is 3.53. The Labute approximate surface area is 176 Å². The number of nitrogens with two attached hydrogens (primary N) is 1. The molecule has 0 bridgehead atoms. The predicted octanol–water partition coefficient (Wildman–Crippen LogP) is 2.17. The summed E-state index contributed by atoms with van der Waals surface area (Å²) >= 11 is 0. The molecule has 1 fully saturated rings. The number of aromatic nitrogens is 2. The van der Waals surface area contributed by atoms with Gasteiger partial charge < -0.3 is 20.5 Å². The zero-order chi connectivity index (χ0) is 22.2. The maximum atomic E-state index is 14.8. The number of alkyl halides is 1. The first-order valence-electron chi connectivity index (χ1n) is 9.51. The maximum absolute atomic E-state index is 14.8. The van der Waals surface area contributed by atoms with Gasteiger partial charge in [0.25, 0.3) is 11.9 Å². The molecule has 2 aromatic rings. The van der Waals surface area contributed by atoms with E-state index in [2.05, 4.69) is 26.2 Å². The number of carbonyl (C=O) groups excluding carboxylic acids is 1. The number of hydrogen-bond donors (Lipinski definition) is 2. The molecule has 4 unspecified atom stereocenters. The van der Waals surface area contributed by atoms with Gasteiger partial charge in [-0.2, -0.15) is 0 Å². The van der Waals surface area contributed by atoms with Gasteiger partial charge in [-0.15, -0.1) is 6.42 Å². The van der Waals surface area contributed by atoms with Gasteiger partial charge in [-0.05, 0) is 31.5 Å². The standard InChI is InChI=1S/C21H19F2N5O3/c1-3-6-30-18-10-25-16(9-26-18)19(29)27-12-4-5-15(23)13(7-12)21(11(2)22)14-8-17(14)31-20(24)28-21/h1,4-5,7,9-11,14,17H,6,8H2,2H3,(H2,24,28)(H,27,29). The average molecular weight is 427 g/mol. The Balaban J connectivity index is 1.60. The SMILES string of the molecule is C#CCOc1cnc(C(=O)Nc2ccc(F)c(C3(C(C)F)N=C(N)OC4CC43)c2)cn1. The number of halogens is 2. The molecule has 2 aliphatic rings. The van der Waals surface area contributed by atoms with Crippen molar-refractivity contribution in [3.8, 4) is 18.2 Å². The summed E-state index contributed by atoms with van der Waals surface area (Å²) in [5, 5.41) is 2.61. The van der Waals surface area contributed by atoms with Crippen molar-refractivity contribution in [1.29, 1.82) is 0 Å². The van der Waals surface area contributed by atoms with E-state index in [0.29, 0.717) is 6.42 Å². The van der Waals surface area contributed by atoms with Crippen LogP contribution < -0.4 is 15.8 Å². The van der Waals surface area contributed by atoms with E-state index in [4.69, 9.17) is 21.6 Å². The van der Waals surface area contributed by atoms with Gasteiger partial charge in [0.2, 0.25) is 5.88 Å². The molecule has 1 aliphatic carbocycles. The van der Waals surface area contributed by atoms with E-state index in [-0.39, 0.29) is 47.5 Å². The predicted molar refractivity (Wildman–Crippen MR) is 108 cm³/mol. The first-order chi connectivity index (χ1) is 14.8. The van der Waals surface area contributed by atoms with Crippen molar-refractivity contribution in [2.45, 2.75) is 31.2 Å². The number of terminal acetylenes is 1. The van der Waals surface area contributed by atoms with Crippen LogP contribution >= 0.6 is 0 Å². The Morgan fingerprint density at radius 2 is 2.29 bits per heavy atom. The largest absolute Gasteiger partial charge is 0.463 e. The van der Waals surface area contributed by atoms with Gasteiger partial charge in [-0.25, -0.2) is 23.7 Å². The van der Waals surface area contributed by atoms with Gasteiger partial charge in [0.15, 0.2) is 6.61 Å². The number of amidine groups is 1. The highest BCUT2D eigenvalue weighted by Gasteiger charge is 2.62. The summed E-state index contributed by atoms with van der Waals surface area (Å²) < 4.78 is 40.1. The van der Waals surface area contributed by atoms with Crippen LogP contribution in [-0.4, -0.2) is 40.8 Å². The smallest absolute Gasteiger partial charge is 0.283 e. The molecule has 4 atom stereocenters. The Bertz CT molecular complexity index is 1080. The lowest BCUT2D eigenvalue weighted by molar-refractivity contribution is 0.102. The van der Waals surface area contributed by atoms with E-state index in [1.54, 1.807) is 0 Å². The van der Waals surface area contributed by atoms with Gasteiger partial charge in [0, 0.05) is 17.2 Å². The number of rotatable bonds is 6. The molecule has 3 N–H and O–H groups in total. The molecule has 10 heteroatoms. The number of fused-ring (bicyclic) bond motifs is 1. The van der Waals surface area contributed by atoms with Gasteiger partial charge in [0.05, 0.1) is 12.4 Å². The lowest BCUT2D eigenvalue weighted by Gasteiger charge is -2.35. The number of ether oxygens (including phenoxy) is 2. The third-order valence-corrected chi connectivity index (χ3v) is 5.29. The summed E-state index contributed by atoms with van der Waals surface area (Å²) in [5.74, 6) is 0.879. The lowest BCUT2D eigenvalue weighted by Crippen LogP contribution is -2.44. The van der Waals surface area contributed by atoms with Gasteiger partial charge >= 0.3 is 0 Å². The van der Waals surface area contributed by atoms with Crippen molar-refractivity contribution >= 4 is 17.6 Å². The zero-order valence-corrected chi connectivity index (χ0v) is 16.5. The quantitative estimate of drug-likeness (QED) is 0.684. The summed E-state index contributed by atoms with van der Waals surface area (Å²) in [6, 6.07) is 3.69. The molecule has 4 rings (SSSR count). The summed E-state index contributed by atoms with van der Waals surface area (Å²) in [6.45, 7) is 1.33. The second-order valence-electron chi connectivity index (χ2n) is 7.27. The van der Waals surface area contributed by atoms with Crippen molar-refractivity contribution in [2.24, 2.45) is 16.6 Å². The van der Waals surface area contributed by atoms with Gasteiger partial charge in [-0.1, -0.05) is 5.92 Å². The molecule has 1 aliphatic heterocycles. The van der Waals surface area contributed by atoms with E-state index in [1.807, 2.05) is 0 Å². The minimum absolute atomic E-state index is 0.00286. The number of nitrogens with one attached hydrogen (secondary N) is 1. The van der Waals surface area contributed by atoms with Crippen LogP contribution in [0, 0.1) is 24.1 Å². The Hall–Kier alpha value is -3.74. The molecule has 8 nitrogen and oxygen atoms in total. The van der Waals surface area contributed by atoms with E-state index >= 15 is 0 Å². The number of carbonyl (C=O) groups is 1. The molecule has 1 saturated carbocycles. The third-order valence-electron chi connectivity index (χ3n) is 5.29. The fourth-order valence-corrected chi connectivity index (χ4v) is 3.80. The highest BCUT2D eigenvalue weighted by molar-refractivity contribution is 6.02. The Morgan fingerprint density at radius 1 is 1.48 bits per heavy atom. The lowest BCUT2D eigenvalue weighted by atomic mass is 9.80. The first-order valence-corrected chi connectivity index (χ1v) is 9.51. The molecule has 1 aromatic carbocycles. The maximum Gasteiger partial charge on any atom is 0.283 e. The molecule has 0 spiro atoms. The number of nitrogens with zero attached hydrogens (tertiary/aromatic N) is 3. The second kappa shape index (κ2) is 7.83. The van der Waals surface area contributed by atoms with Crippen molar-refractivity contribution in [3.05, 3.63) is 47.7 Å². The normalized spacial score (nSPS) is 24.6. The van der Waals surface area contributed by atoms with Crippen LogP contribution in [0.1, 0.15) is 29.4 Å². The van der Waals surface area contributed by atoms with E-state index in [0.717, 1.165) is 6.07 Å². The van der Waals surface area contributed by atoms with Crippen LogP contribution in [0.5, 0.6) is 5.88 Å². The highest BCUT2D eigenvalue weighted by Crippen LogP contribution is 2.56.